The molecule has 0 heterocycles. The van der Waals surface area contributed by atoms with Gasteiger partial charge >= 0.3 is 29.6 Å². The predicted octanol–water partition coefficient (Wildman–Crippen LogP) is -0.303. The number of allylic oxidation sites excluding steroid dienone is 1. The molecule has 0 atom stereocenters. The maximum absolute atomic E-state index is 3.25. The molecule has 1 heteroatoms. The summed E-state index contributed by atoms with van der Waals surface area (Å²) in [5.41, 5.74) is 0. The van der Waals surface area contributed by atoms with Crippen molar-refractivity contribution in [2.75, 3.05) is 0 Å². The zero-order valence-corrected chi connectivity index (χ0v) is 8.46. The van der Waals surface area contributed by atoms with Crippen molar-refractivity contribution in [1.82, 2.24) is 0 Å². The molecule has 1 aromatic rings. The van der Waals surface area contributed by atoms with Gasteiger partial charge in [0.2, 0.25) is 0 Å². The molecule has 0 aromatic heterocycles. The average molecular weight is 142 g/mol. The SMILES string of the molecule is C=C[CH2-].[Na+].c1ccccc1. The first kappa shape index (κ1) is 12.5. The smallest absolute Gasteiger partial charge is 0.245 e. The Kier molecular flexibility index (Phi) is 14.5. The van der Waals surface area contributed by atoms with Crippen LogP contribution in [0, 0.1) is 6.92 Å². The molecule has 48 valence electrons. The molecule has 0 radical (unpaired) electrons. The van der Waals surface area contributed by atoms with Crippen molar-refractivity contribution in [2.24, 2.45) is 0 Å². The van der Waals surface area contributed by atoms with Gasteiger partial charge in [0.15, 0.2) is 0 Å². The van der Waals surface area contributed by atoms with Crippen LogP contribution in [-0.2, 0) is 0 Å². The monoisotopic (exact) mass is 142 g/mol. The standard InChI is InChI=1S/C6H6.C3H5.Na/c1-2-4-6-5-3-1;1-3-2;/h1-6H;3H,1-2H2;/q;-1;+1. The summed E-state index contributed by atoms with van der Waals surface area (Å²) < 4.78 is 0. The van der Waals surface area contributed by atoms with Gasteiger partial charge in [-0.05, 0) is 0 Å². The zero-order chi connectivity index (χ0) is 6.95. The fourth-order valence-electron chi connectivity index (χ4n) is 0.385. The van der Waals surface area contributed by atoms with Gasteiger partial charge in [0.1, 0.15) is 0 Å². The molecule has 0 N–H and O–H groups in total. The molecule has 0 amide bonds. The number of benzene rings is 1. The minimum absolute atomic E-state index is 0. The predicted molar refractivity (Wildman–Crippen MR) is 42.0 cm³/mol. The van der Waals surface area contributed by atoms with E-state index in [0.29, 0.717) is 0 Å². The molecule has 0 aliphatic carbocycles. The minimum Gasteiger partial charge on any atom is -0.245 e. The van der Waals surface area contributed by atoms with Crippen molar-refractivity contribution in [1.29, 1.82) is 0 Å². The second-order valence-corrected chi connectivity index (χ2v) is 1.44. The molecule has 1 aromatic carbocycles. The summed E-state index contributed by atoms with van der Waals surface area (Å²) in [4.78, 5) is 0. The summed E-state index contributed by atoms with van der Waals surface area (Å²) in [6.45, 7) is 6.50. The van der Waals surface area contributed by atoms with E-state index in [2.05, 4.69) is 13.5 Å². The van der Waals surface area contributed by atoms with Crippen LogP contribution in [0.3, 0.4) is 0 Å². The topological polar surface area (TPSA) is 0 Å². The fourth-order valence-corrected chi connectivity index (χ4v) is 0.385. The summed E-state index contributed by atoms with van der Waals surface area (Å²) in [6.07, 6.45) is 1.50. The summed E-state index contributed by atoms with van der Waals surface area (Å²) in [5, 5.41) is 0. The second kappa shape index (κ2) is 11.6. The maximum Gasteiger partial charge on any atom is 1.00 e. The number of hydrogen-bond acceptors (Lipinski definition) is 0. The van der Waals surface area contributed by atoms with Crippen molar-refractivity contribution < 1.29 is 29.6 Å². The van der Waals surface area contributed by atoms with Crippen LogP contribution >= 0.6 is 0 Å². The largest absolute Gasteiger partial charge is 1.00 e. The van der Waals surface area contributed by atoms with Crippen LogP contribution in [0.2, 0.25) is 0 Å². The molecule has 1 rings (SSSR count). The first-order valence-electron chi connectivity index (χ1n) is 2.82. The average Bonchev–Trinajstić information content (AvgIpc) is 1.93. The Morgan fingerprint density at radius 1 is 0.900 bits per heavy atom. The molecule has 0 nitrogen and oxygen atoms in total. The van der Waals surface area contributed by atoms with Gasteiger partial charge in [-0.3, -0.25) is 0 Å². The summed E-state index contributed by atoms with van der Waals surface area (Å²) in [5.74, 6) is 0. The first-order valence-corrected chi connectivity index (χ1v) is 2.82. The number of rotatable bonds is 0. The summed E-state index contributed by atoms with van der Waals surface area (Å²) >= 11 is 0. The van der Waals surface area contributed by atoms with Gasteiger partial charge in [0, 0.05) is 0 Å². The third-order valence-corrected chi connectivity index (χ3v) is 0.667. The molecular formula is C9H11Na. The molecule has 0 saturated heterocycles. The van der Waals surface area contributed by atoms with E-state index in [0.717, 1.165) is 0 Å². The van der Waals surface area contributed by atoms with E-state index in [4.69, 9.17) is 0 Å². The van der Waals surface area contributed by atoms with Crippen LogP contribution in [-0.4, -0.2) is 0 Å². The van der Waals surface area contributed by atoms with E-state index in [1.165, 1.54) is 6.08 Å². The normalized spacial score (nSPS) is 6.00. The molecule has 0 aliphatic rings. The first-order chi connectivity index (χ1) is 4.41. The van der Waals surface area contributed by atoms with E-state index in [1.54, 1.807) is 0 Å². The van der Waals surface area contributed by atoms with Crippen LogP contribution < -0.4 is 29.6 Å². The van der Waals surface area contributed by atoms with E-state index >= 15 is 0 Å². The zero-order valence-electron chi connectivity index (χ0n) is 6.46. The van der Waals surface area contributed by atoms with Crippen LogP contribution in [0.1, 0.15) is 0 Å². The summed E-state index contributed by atoms with van der Waals surface area (Å²) in [7, 11) is 0. The van der Waals surface area contributed by atoms with Crippen molar-refractivity contribution in [3.8, 4) is 0 Å². The quantitative estimate of drug-likeness (QED) is 0.344. The Hall–Kier alpha value is -0.170. The molecule has 0 unspecified atom stereocenters. The van der Waals surface area contributed by atoms with Gasteiger partial charge in [-0.15, -0.1) is 0 Å². The Labute approximate surface area is 85.3 Å². The molecular weight excluding hydrogens is 131 g/mol. The minimum atomic E-state index is 0. The summed E-state index contributed by atoms with van der Waals surface area (Å²) in [6, 6.07) is 12.0. The van der Waals surface area contributed by atoms with Gasteiger partial charge in [-0.2, -0.15) is 0 Å². The molecule has 0 bridgehead atoms. The molecule has 10 heavy (non-hydrogen) atoms. The van der Waals surface area contributed by atoms with Crippen molar-refractivity contribution in [3.05, 3.63) is 56.0 Å². The van der Waals surface area contributed by atoms with Crippen LogP contribution in [0.25, 0.3) is 0 Å². The van der Waals surface area contributed by atoms with Crippen molar-refractivity contribution in [3.63, 3.8) is 0 Å². The second-order valence-electron chi connectivity index (χ2n) is 1.44. The Morgan fingerprint density at radius 2 is 1.00 bits per heavy atom. The van der Waals surface area contributed by atoms with Crippen LogP contribution in [0.15, 0.2) is 49.1 Å². The van der Waals surface area contributed by atoms with E-state index in [-0.39, 0.29) is 29.6 Å². The van der Waals surface area contributed by atoms with Crippen molar-refractivity contribution >= 4 is 0 Å². The van der Waals surface area contributed by atoms with Gasteiger partial charge in [0.25, 0.3) is 0 Å². The maximum atomic E-state index is 3.25. The Balaban J connectivity index is 0. The fraction of sp³-hybridized carbons (Fsp3) is 0. The van der Waals surface area contributed by atoms with Gasteiger partial charge < -0.3 is 0 Å². The van der Waals surface area contributed by atoms with Gasteiger partial charge in [-0.25, -0.2) is 19.6 Å². The van der Waals surface area contributed by atoms with E-state index < -0.39 is 0 Å². The van der Waals surface area contributed by atoms with E-state index in [9.17, 15) is 0 Å². The third-order valence-electron chi connectivity index (χ3n) is 0.667. The van der Waals surface area contributed by atoms with Crippen LogP contribution in [0.5, 0.6) is 0 Å². The van der Waals surface area contributed by atoms with Gasteiger partial charge in [0.05, 0.1) is 0 Å². The van der Waals surface area contributed by atoms with Crippen LogP contribution in [0.4, 0.5) is 0 Å². The van der Waals surface area contributed by atoms with Gasteiger partial charge in [-0.1, -0.05) is 36.4 Å². The van der Waals surface area contributed by atoms with E-state index in [1.807, 2.05) is 36.4 Å². The molecule has 0 aliphatic heterocycles. The van der Waals surface area contributed by atoms with Crippen molar-refractivity contribution in [2.45, 2.75) is 0 Å². The molecule has 0 saturated carbocycles. The Bertz CT molecular complexity index is 108. The molecule has 0 spiro atoms. The third kappa shape index (κ3) is 10.7. The number of hydrogen-bond donors (Lipinski definition) is 0. The molecule has 0 fully saturated rings. The Morgan fingerprint density at radius 3 is 1.10 bits per heavy atom.